The third kappa shape index (κ3) is 3.31. The fourth-order valence-corrected chi connectivity index (χ4v) is 1.96. The topological polar surface area (TPSA) is 29.5 Å². The molecule has 0 spiro atoms. The number of hydrogen-bond donors (Lipinski definition) is 1. The average Bonchev–Trinajstić information content (AvgIpc) is 2.38. The number of hydrogen-bond acceptors (Lipinski definition) is 2. The molecule has 0 aliphatic heterocycles. The van der Waals surface area contributed by atoms with Crippen molar-refractivity contribution in [3.8, 4) is 5.75 Å². The summed E-state index contributed by atoms with van der Waals surface area (Å²) in [5, 5.41) is 8.93. The highest BCUT2D eigenvalue weighted by Gasteiger charge is 2.03. The second-order valence-corrected chi connectivity index (χ2v) is 4.69. The maximum absolute atomic E-state index is 12.9. The van der Waals surface area contributed by atoms with Gasteiger partial charge >= 0.3 is 0 Å². The van der Waals surface area contributed by atoms with E-state index in [1.54, 1.807) is 6.07 Å². The van der Waals surface area contributed by atoms with Crippen LogP contribution in [0.25, 0.3) is 0 Å². The van der Waals surface area contributed by atoms with Crippen molar-refractivity contribution in [3.05, 3.63) is 63.9 Å². The molecule has 2 nitrogen and oxygen atoms in total. The van der Waals surface area contributed by atoms with Crippen molar-refractivity contribution in [2.24, 2.45) is 0 Å². The summed E-state index contributed by atoms with van der Waals surface area (Å²) in [5.41, 5.74) is 1.85. The van der Waals surface area contributed by atoms with Crippen molar-refractivity contribution < 1.29 is 14.2 Å². The van der Waals surface area contributed by atoms with Crippen LogP contribution in [0.15, 0.2) is 46.9 Å². The van der Waals surface area contributed by atoms with E-state index in [4.69, 9.17) is 9.84 Å². The molecule has 0 saturated carbocycles. The first-order valence-electron chi connectivity index (χ1n) is 5.45. The van der Waals surface area contributed by atoms with Crippen LogP contribution >= 0.6 is 15.9 Å². The Kier molecular flexibility index (Phi) is 4.33. The van der Waals surface area contributed by atoms with Crippen LogP contribution in [0.3, 0.4) is 0 Å². The standard InChI is InChI=1S/C14H12BrFO2/c15-13-7-12(16)5-6-14(13)18-9-11-3-1-10(8-17)2-4-11/h1-7,17H,8-9H2. The van der Waals surface area contributed by atoms with E-state index in [0.717, 1.165) is 11.1 Å². The van der Waals surface area contributed by atoms with Gasteiger partial charge < -0.3 is 9.84 Å². The van der Waals surface area contributed by atoms with Crippen molar-refractivity contribution in [1.82, 2.24) is 0 Å². The van der Waals surface area contributed by atoms with Gasteiger partial charge in [0.05, 0.1) is 11.1 Å². The summed E-state index contributed by atoms with van der Waals surface area (Å²) < 4.78 is 19.1. The third-order valence-corrected chi connectivity index (χ3v) is 3.11. The van der Waals surface area contributed by atoms with Gasteiger partial charge in [0.25, 0.3) is 0 Å². The molecule has 0 unspecified atom stereocenters. The molecule has 0 fully saturated rings. The molecule has 0 heterocycles. The zero-order valence-corrected chi connectivity index (χ0v) is 11.2. The number of rotatable bonds is 4. The first-order chi connectivity index (χ1) is 8.69. The van der Waals surface area contributed by atoms with Crippen molar-refractivity contribution in [2.45, 2.75) is 13.2 Å². The van der Waals surface area contributed by atoms with Crippen LogP contribution in [-0.4, -0.2) is 5.11 Å². The molecular formula is C14H12BrFO2. The van der Waals surface area contributed by atoms with E-state index in [1.165, 1.54) is 12.1 Å². The van der Waals surface area contributed by atoms with Gasteiger partial charge in [0, 0.05) is 0 Å². The molecule has 4 heteroatoms. The maximum atomic E-state index is 12.9. The Morgan fingerprint density at radius 2 is 1.72 bits per heavy atom. The second kappa shape index (κ2) is 5.98. The predicted molar refractivity (Wildman–Crippen MR) is 70.8 cm³/mol. The summed E-state index contributed by atoms with van der Waals surface area (Å²) in [5.74, 6) is 0.296. The number of aliphatic hydroxyl groups excluding tert-OH is 1. The van der Waals surface area contributed by atoms with Gasteiger partial charge in [0.2, 0.25) is 0 Å². The third-order valence-electron chi connectivity index (χ3n) is 2.49. The molecule has 0 aromatic heterocycles. The Hall–Kier alpha value is -1.39. The van der Waals surface area contributed by atoms with Crippen molar-refractivity contribution in [2.75, 3.05) is 0 Å². The summed E-state index contributed by atoms with van der Waals surface area (Å²) >= 11 is 3.25. The highest BCUT2D eigenvalue weighted by atomic mass is 79.9. The Bertz CT molecular complexity index is 526. The molecule has 0 bridgehead atoms. The highest BCUT2D eigenvalue weighted by molar-refractivity contribution is 9.10. The molecule has 0 aliphatic carbocycles. The second-order valence-electron chi connectivity index (χ2n) is 3.84. The number of halogens is 2. The van der Waals surface area contributed by atoms with Crippen LogP contribution in [0.5, 0.6) is 5.75 Å². The summed E-state index contributed by atoms with van der Waals surface area (Å²) in [4.78, 5) is 0. The van der Waals surface area contributed by atoms with Gasteiger partial charge in [0.15, 0.2) is 0 Å². The Balaban J connectivity index is 2.02. The van der Waals surface area contributed by atoms with Crippen molar-refractivity contribution in [1.29, 1.82) is 0 Å². The smallest absolute Gasteiger partial charge is 0.134 e. The van der Waals surface area contributed by atoms with E-state index in [0.29, 0.717) is 16.8 Å². The highest BCUT2D eigenvalue weighted by Crippen LogP contribution is 2.26. The quantitative estimate of drug-likeness (QED) is 0.934. The average molecular weight is 311 g/mol. The Morgan fingerprint density at radius 1 is 1.06 bits per heavy atom. The molecule has 2 aromatic rings. The van der Waals surface area contributed by atoms with Gasteiger partial charge in [-0.3, -0.25) is 0 Å². The molecule has 0 aliphatic rings. The minimum atomic E-state index is -0.304. The lowest BCUT2D eigenvalue weighted by Crippen LogP contribution is -1.96. The maximum Gasteiger partial charge on any atom is 0.134 e. The minimum absolute atomic E-state index is 0.0324. The summed E-state index contributed by atoms with van der Waals surface area (Å²) in [6.45, 7) is 0.431. The monoisotopic (exact) mass is 310 g/mol. The van der Waals surface area contributed by atoms with E-state index in [-0.39, 0.29) is 12.4 Å². The van der Waals surface area contributed by atoms with Gasteiger partial charge in [0.1, 0.15) is 18.2 Å². The molecule has 1 N–H and O–H groups in total. The molecule has 0 radical (unpaired) electrons. The van der Waals surface area contributed by atoms with Crippen LogP contribution in [-0.2, 0) is 13.2 Å². The van der Waals surface area contributed by atoms with Crippen LogP contribution in [0.2, 0.25) is 0 Å². The van der Waals surface area contributed by atoms with Gasteiger partial charge in [-0.25, -0.2) is 4.39 Å². The first kappa shape index (κ1) is 13.1. The molecule has 94 valence electrons. The molecular weight excluding hydrogens is 299 g/mol. The molecule has 18 heavy (non-hydrogen) atoms. The van der Waals surface area contributed by atoms with Gasteiger partial charge in [-0.1, -0.05) is 24.3 Å². The Morgan fingerprint density at radius 3 is 2.33 bits per heavy atom. The minimum Gasteiger partial charge on any atom is -0.488 e. The fraction of sp³-hybridized carbons (Fsp3) is 0.143. The van der Waals surface area contributed by atoms with Crippen LogP contribution in [0.1, 0.15) is 11.1 Å². The zero-order chi connectivity index (χ0) is 13.0. The molecule has 0 amide bonds. The first-order valence-corrected chi connectivity index (χ1v) is 6.25. The number of aliphatic hydroxyl groups is 1. The molecule has 0 saturated heterocycles. The van der Waals surface area contributed by atoms with Crippen molar-refractivity contribution >= 4 is 15.9 Å². The molecule has 2 aromatic carbocycles. The van der Waals surface area contributed by atoms with Crippen LogP contribution in [0, 0.1) is 5.82 Å². The molecule has 0 atom stereocenters. The Labute approximate surface area is 113 Å². The predicted octanol–water partition coefficient (Wildman–Crippen LogP) is 3.66. The lowest BCUT2D eigenvalue weighted by atomic mass is 10.1. The normalized spacial score (nSPS) is 10.4. The zero-order valence-electron chi connectivity index (χ0n) is 9.57. The van der Waals surface area contributed by atoms with E-state index < -0.39 is 0 Å². The largest absolute Gasteiger partial charge is 0.488 e. The van der Waals surface area contributed by atoms with Gasteiger partial charge in [-0.05, 0) is 45.3 Å². The number of benzene rings is 2. The van der Waals surface area contributed by atoms with E-state index in [9.17, 15) is 4.39 Å². The summed E-state index contributed by atoms with van der Waals surface area (Å²) in [6, 6.07) is 11.8. The van der Waals surface area contributed by atoms with E-state index >= 15 is 0 Å². The summed E-state index contributed by atoms with van der Waals surface area (Å²) in [7, 11) is 0. The fourth-order valence-electron chi connectivity index (χ4n) is 1.49. The number of ether oxygens (including phenoxy) is 1. The van der Waals surface area contributed by atoms with E-state index in [1.807, 2.05) is 24.3 Å². The van der Waals surface area contributed by atoms with Crippen LogP contribution < -0.4 is 4.74 Å². The summed E-state index contributed by atoms with van der Waals surface area (Å²) in [6.07, 6.45) is 0. The van der Waals surface area contributed by atoms with E-state index in [2.05, 4.69) is 15.9 Å². The van der Waals surface area contributed by atoms with Gasteiger partial charge in [-0.2, -0.15) is 0 Å². The lowest BCUT2D eigenvalue weighted by molar-refractivity contribution is 0.281. The van der Waals surface area contributed by atoms with Crippen LogP contribution in [0.4, 0.5) is 4.39 Å². The van der Waals surface area contributed by atoms with Crippen molar-refractivity contribution in [3.63, 3.8) is 0 Å². The lowest BCUT2D eigenvalue weighted by Gasteiger charge is -2.08. The van der Waals surface area contributed by atoms with Gasteiger partial charge in [-0.15, -0.1) is 0 Å². The SMILES string of the molecule is OCc1ccc(COc2ccc(F)cc2Br)cc1. The molecule has 2 rings (SSSR count).